The van der Waals surface area contributed by atoms with Crippen LogP contribution in [0.3, 0.4) is 0 Å². The molecule has 0 radical (unpaired) electrons. The fourth-order valence-corrected chi connectivity index (χ4v) is 2.68. The van der Waals surface area contributed by atoms with Crippen LogP contribution in [0.2, 0.25) is 0 Å². The third-order valence-corrected chi connectivity index (χ3v) is 3.78. The highest BCUT2D eigenvalue weighted by molar-refractivity contribution is 7.13. The minimum atomic E-state index is 0.0258. The zero-order valence-electron chi connectivity index (χ0n) is 11.7. The van der Waals surface area contributed by atoms with Gasteiger partial charge in [0.25, 0.3) is 0 Å². The molecule has 2 rings (SSSR count). The van der Waals surface area contributed by atoms with Crippen molar-refractivity contribution in [1.82, 2.24) is 14.9 Å². The molecule has 5 heteroatoms. The Morgan fingerprint density at radius 3 is 2.71 bits per heavy atom. The van der Waals surface area contributed by atoms with Gasteiger partial charge < -0.3 is 4.90 Å². The summed E-state index contributed by atoms with van der Waals surface area (Å²) >= 11 is 1.52. The molecule has 0 aliphatic heterocycles. The first kappa shape index (κ1) is 15.1. The number of hydrogen-bond acceptors (Lipinski definition) is 4. The van der Waals surface area contributed by atoms with E-state index < -0.39 is 0 Å². The Balaban J connectivity index is 2.06. The summed E-state index contributed by atoms with van der Waals surface area (Å²) in [6, 6.07) is 3.83. The van der Waals surface area contributed by atoms with E-state index in [0.29, 0.717) is 19.5 Å². The van der Waals surface area contributed by atoms with E-state index in [-0.39, 0.29) is 5.91 Å². The number of thiazole rings is 1. The van der Waals surface area contributed by atoms with E-state index in [1.165, 1.54) is 11.3 Å². The van der Waals surface area contributed by atoms with Crippen LogP contribution in [0.4, 0.5) is 0 Å². The average molecular weight is 299 g/mol. The van der Waals surface area contributed by atoms with Gasteiger partial charge in [0, 0.05) is 36.4 Å². The second kappa shape index (κ2) is 7.50. The van der Waals surface area contributed by atoms with Gasteiger partial charge >= 0.3 is 0 Å². The van der Waals surface area contributed by atoms with Crippen LogP contribution >= 0.6 is 11.3 Å². The van der Waals surface area contributed by atoms with Crippen LogP contribution in [-0.2, 0) is 11.2 Å². The second-order valence-corrected chi connectivity index (χ2v) is 5.30. The van der Waals surface area contributed by atoms with E-state index in [0.717, 1.165) is 16.3 Å². The van der Waals surface area contributed by atoms with Gasteiger partial charge in [-0.05, 0) is 12.1 Å². The predicted molar refractivity (Wildman–Crippen MR) is 86.0 cm³/mol. The van der Waals surface area contributed by atoms with Gasteiger partial charge in [-0.3, -0.25) is 9.78 Å². The molecule has 0 saturated carbocycles. The molecular weight excluding hydrogens is 282 g/mol. The summed E-state index contributed by atoms with van der Waals surface area (Å²) < 4.78 is 0. The smallest absolute Gasteiger partial charge is 0.229 e. The first-order chi connectivity index (χ1) is 10.2. The van der Waals surface area contributed by atoms with Crippen LogP contribution in [0.5, 0.6) is 0 Å². The minimum absolute atomic E-state index is 0.0258. The monoisotopic (exact) mass is 299 g/mol. The Morgan fingerprint density at radius 1 is 1.33 bits per heavy atom. The van der Waals surface area contributed by atoms with Crippen molar-refractivity contribution in [2.75, 3.05) is 13.1 Å². The average Bonchev–Trinajstić information content (AvgIpc) is 2.96. The Morgan fingerprint density at radius 2 is 2.10 bits per heavy atom. The Kier molecular flexibility index (Phi) is 5.40. The van der Waals surface area contributed by atoms with Gasteiger partial charge in [0.15, 0.2) is 0 Å². The molecule has 0 spiro atoms. The van der Waals surface area contributed by atoms with Crippen molar-refractivity contribution in [3.05, 3.63) is 60.9 Å². The molecular formula is C16H17N3OS. The molecule has 0 saturated heterocycles. The van der Waals surface area contributed by atoms with E-state index >= 15 is 0 Å². The highest BCUT2D eigenvalue weighted by Gasteiger charge is 2.14. The summed E-state index contributed by atoms with van der Waals surface area (Å²) in [4.78, 5) is 22.5. The van der Waals surface area contributed by atoms with Crippen LogP contribution < -0.4 is 0 Å². The van der Waals surface area contributed by atoms with Crippen molar-refractivity contribution >= 4 is 17.2 Å². The SMILES string of the molecule is C=CCN(CC=C)C(=O)Cc1csc(-c2cccnc2)n1. The fourth-order valence-electron chi connectivity index (χ4n) is 1.87. The summed E-state index contributed by atoms with van der Waals surface area (Å²) in [6.45, 7) is 8.37. The van der Waals surface area contributed by atoms with Crippen molar-refractivity contribution < 1.29 is 4.79 Å². The number of carbonyl (C=O) groups excluding carboxylic acids is 1. The Bertz CT molecular complexity index is 611. The van der Waals surface area contributed by atoms with Crippen LogP contribution in [0.1, 0.15) is 5.69 Å². The summed E-state index contributed by atoms with van der Waals surface area (Å²) in [6.07, 6.45) is 7.21. The van der Waals surface area contributed by atoms with Gasteiger partial charge in [0.1, 0.15) is 5.01 Å². The number of pyridine rings is 1. The predicted octanol–water partition coefficient (Wildman–Crippen LogP) is 2.95. The van der Waals surface area contributed by atoms with Crippen LogP contribution in [-0.4, -0.2) is 33.9 Å². The number of carbonyl (C=O) groups is 1. The third-order valence-electron chi connectivity index (χ3n) is 2.84. The van der Waals surface area contributed by atoms with Crippen molar-refractivity contribution in [1.29, 1.82) is 0 Å². The van der Waals surface area contributed by atoms with Crippen molar-refractivity contribution in [2.45, 2.75) is 6.42 Å². The molecule has 0 unspecified atom stereocenters. The largest absolute Gasteiger partial charge is 0.335 e. The maximum absolute atomic E-state index is 12.2. The van der Waals surface area contributed by atoms with E-state index in [4.69, 9.17) is 0 Å². The summed E-state index contributed by atoms with van der Waals surface area (Å²) in [7, 11) is 0. The number of rotatable bonds is 7. The number of hydrogen-bond donors (Lipinski definition) is 0. The lowest BCUT2D eigenvalue weighted by Crippen LogP contribution is -2.32. The molecule has 2 aromatic heterocycles. The summed E-state index contributed by atoms with van der Waals surface area (Å²) in [5.74, 6) is 0.0258. The maximum atomic E-state index is 12.2. The highest BCUT2D eigenvalue weighted by Crippen LogP contribution is 2.22. The molecule has 0 aliphatic carbocycles. The van der Waals surface area contributed by atoms with Crippen molar-refractivity contribution in [3.63, 3.8) is 0 Å². The molecule has 0 bridgehead atoms. The normalized spacial score (nSPS) is 10.1. The van der Waals surface area contributed by atoms with Gasteiger partial charge in [-0.15, -0.1) is 24.5 Å². The van der Waals surface area contributed by atoms with Crippen LogP contribution in [0.25, 0.3) is 10.6 Å². The maximum Gasteiger partial charge on any atom is 0.229 e. The number of aromatic nitrogens is 2. The van der Waals surface area contributed by atoms with E-state index in [1.807, 2.05) is 17.5 Å². The molecule has 2 heterocycles. The van der Waals surface area contributed by atoms with Crippen molar-refractivity contribution in [3.8, 4) is 10.6 Å². The van der Waals surface area contributed by atoms with Gasteiger partial charge in [-0.1, -0.05) is 12.2 Å². The van der Waals surface area contributed by atoms with Crippen LogP contribution in [0.15, 0.2) is 55.2 Å². The molecule has 21 heavy (non-hydrogen) atoms. The van der Waals surface area contributed by atoms with E-state index in [9.17, 15) is 4.79 Å². The highest BCUT2D eigenvalue weighted by atomic mass is 32.1. The Hall–Kier alpha value is -2.27. The molecule has 0 N–H and O–H groups in total. The molecule has 0 aromatic carbocycles. The van der Waals surface area contributed by atoms with Gasteiger partial charge in [0.05, 0.1) is 12.1 Å². The quantitative estimate of drug-likeness (QED) is 0.738. The molecule has 0 atom stereocenters. The fraction of sp³-hybridized carbons (Fsp3) is 0.188. The number of amides is 1. The number of nitrogens with zero attached hydrogens (tertiary/aromatic N) is 3. The lowest BCUT2D eigenvalue weighted by atomic mass is 10.2. The van der Waals surface area contributed by atoms with Crippen LogP contribution in [0, 0.1) is 0 Å². The standard InChI is InChI=1S/C16H17N3OS/c1-3-8-19(9-4-2)15(20)10-14-12-21-16(18-14)13-6-5-7-17-11-13/h3-7,11-12H,1-2,8-10H2. The zero-order valence-corrected chi connectivity index (χ0v) is 12.6. The summed E-state index contributed by atoms with van der Waals surface area (Å²) in [5, 5.41) is 2.80. The second-order valence-electron chi connectivity index (χ2n) is 4.44. The lowest BCUT2D eigenvalue weighted by Gasteiger charge is -2.18. The zero-order chi connectivity index (χ0) is 15.1. The molecule has 108 valence electrons. The lowest BCUT2D eigenvalue weighted by molar-refractivity contribution is -0.129. The first-order valence-corrected chi connectivity index (χ1v) is 7.47. The van der Waals surface area contributed by atoms with Crippen molar-refractivity contribution in [2.24, 2.45) is 0 Å². The van der Waals surface area contributed by atoms with Gasteiger partial charge in [-0.25, -0.2) is 4.98 Å². The first-order valence-electron chi connectivity index (χ1n) is 6.59. The summed E-state index contributed by atoms with van der Waals surface area (Å²) in [5.41, 5.74) is 1.75. The molecule has 0 fully saturated rings. The van der Waals surface area contributed by atoms with Gasteiger partial charge in [0.2, 0.25) is 5.91 Å². The molecule has 4 nitrogen and oxygen atoms in total. The third kappa shape index (κ3) is 4.10. The van der Waals surface area contributed by atoms with Gasteiger partial charge in [-0.2, -0.15) is 0 Å². The van der Waals surface area contributed by atoms with E-state index in [1.54, 1.807) is 29.4 Å². The Labute approximate surface area is 128 Å². The molecule has 0 aliphatic rings. The molecule has 2 aromatic rings. The van der Waals surface area contributed by atoms with E-state index in [2.05, 4.69) is 23.1 Å². The topological polar surface area (TPSA) is 46.1 Å². The minimum Gasteiger partial charge on any atom is -0.335 e. The molecule has 1 amide bonds.